The zero-order valence-electron chi connectivity index (χ0n) is 10.6. The molecule has 0 heterocycles. The minimum atomic E-state index is -0.752. The van der Waals surface area contributed by atoms with Gasteiger partial charge in [0.2, 0.25) is 5.91 Å². The Balaban J connectivity index is 1.59. The fourth-order valence-corrected chi connectivity index (χ4v) is 2.75. The van der Waals surface area contributed by atoms with E-state index >= 15 is 0 Å². The van der Waals surface area contributed by atoms with E-state index in [0.717, 1.165) is 6.42 Å². The molecule has 0 saturated heterocycles. The fourth-order valence-electron chi connectivity index (χ4n) is 2.75. The van der Waals surface area contributed by atoms with Gasteiger partial charge in [-0.05, 0) is 30.4 Å². The van der Waals surface area contributed by atoms with Gasteiger partial charge in [0, 0.05) is 12.5 Å². The van der Waals surface area contributed by atoms with Crippen molar-refractivity contribution in [2.75, 3.05) is 6.54 Å². The van der Waals surface area contributed by atoms with E-state index in [9.17, 15) is 4.79 Å². The number of amides is 1. The maximum absolute atomic E-state index is 12.1. The molecule has 1 aromatic carbocycles. The highest BCUT2D eigenvalue weighted by Gasteiger charge is 2.54. The van der Waals surface area contributed by atoms with Crippen molar-refractivity contribution in [1.29, 1.82) is 0 Å². The predicted octanol–water partition coefficient (Wildman–Crippen LogP) is 0.969. The lowest BCUT2D eigenvalue weighted by atomic mass is 9.77. The van der Waals surface area contributed by atoms with Crippen molar-refractivity contribution >= 4 is 11.7 Å². The van der Waals surface area contributed by atoms with Gasteiger partial charge in [0.15, 0.2) is 5.84 Å². The molecule has 2 aliphatic rings. The first-order valence-electron chi connectivity index (χ1n) is 6.51. The molecule has 0 bridgehead atoms. The third-order valence-electron chi connectivity index (χ3n) is 4.25. The van der Waals surface area contributed by atoms with E-state index < -0.39 is 5.41 Å². The number of carbonyl (C=O) groups excluding carboxylic acids is 1. The highest BCUT2D eigenvalue weighted by Crippen LogP contribution is 2.46. The molecule has 1 saturated carbocycles. The average molecular weight is 259 g/mol. The molecule has 2 aliphatic carbocycles. The molecule has 5 nitrogen and oxygen atoms in total. The first kappa shape index (κ1) is 12.0. The third kappa shape index (κ3) is 1.85. The Morgan fingerprint density at radius 2 is 2.21 bits per heavy atom. The van der Waals surface area contributed by atoms with Gasteiger partial charge < -0.3 is 16.3 Å². The van der Waals surface area contributed by atoms with Crippen molar-refractivity contribution in [3.8, 4) is 0 Å². The molecule has 1 unspecified atom stereocenters. The van der Waals surface area contributed by atoms with E-state index in [2.05, 4.69) is 22.6 Å². The summed E-state index contributed by atoms with van der Waals surface area (Å²) in [7, 11) is 0. The van der Waals surface area contributed by atoms with Gasteiger partial charge in [0.25, 0.3) is 0 Å². The van der Waals surface area contributed by atoms with Crippen molar-refractivity contribution in [3.05, 3.63) is 35.4 Å². The molecular formula is C14H17N3O2. The number of hydrogen-bond donors (Lipinski definition) is 3. The van der Waals surface area contributed by atoms with E-state index in [4.69, 9.17) is 10.9 Å². The van der Waals surface area contributed by atoms with Crippen LogP contribution >= 0.6 is 0 Å². The first-order chi connectivity index (χ1) is 9.17. The number of oxime groups is 1. The Morgan fingerprint density at radius 3 is 2.84 bits per heavy atom. The van der Waals surface area contributed by atoms with Gasteiger partial charge in [-0.25, -0.2) is 0 Å². The van der Waals surface area contributed by atoms with Crippen LogP contribution < -0.4 is 11.1 Å². The lowest BCUT2D eigenvalue weighted by Crippen LogP contribution is -2.43. The van der Waals surface area contributed by atoms with Crippen LogP contribution in [0.5, 0.6) is 0 Å². The molecule has 100 valence electrons. The van der Waals surface area contributed by atoms with Crippen LogP contribution in [0, 0.1) is 5.41 Å². The molecule has 0 aromatic heterocycles. The smallest absolute Gasteiger partial charge is 0.233 e. The molecule has 0 radical (unpaired) electrons. The van der Waals surface area contributed by atoms with E-state index in [1.54, 1.807) is 0 Å². The van der Waals surface area contributed by atoms with Gasteiger partial charge in [-0.3, -0.25) is 4.79 Å². The van der Waals surface area contributed by atoms with Crippen LogP contribution in [-0.2, 0) is 11.2 Å². The van der Waals surface area contributed by atoms with E-state index in [1.165, 1.54) is 11.1 Å². The Morgan fingerprint density at radius 1 is 1.47 bits per heavy atom. The van der Waals surface area contributed by atoms with Gasteiger partial charge in [0.1, 0.15) is 5.41 Å². The second kappa shape index (κ2) is 4.26. The SMILES string of the molecule is N/C(=N/O)C1(C(=O)NCC2Cc3ccccc32)CC1. The van der Waals surface area contributed by atoms with Crippen LogP contribution in [0.2, 0.25) is 0 Å². The number of nitrogens with zero attached hydrogens (tertiary/aromatic N) is 1. The average Bonchev–Trinajstić information content (AvgIpc) is 3.20. The predicted molar refractivity (Wildman–Crippen MR) is 71.0 cm³/mol. The number of benzene rings is 1. The zero-order valence-corrected chi connectivity index (χ0v) is 10.6. The lowest BCUT2D eigenvalue weighted by Gasteiger charge is -2.30. The molecular weight excluding hydrogens is 242 g/mol. The molecule has 0 spiro atoms. The molecule has 3 rings (SSSR count). The van der Waals surface area contributed by atoms with Crippen LogP contribution in [0.3, 0.4) is 0 Å². The normalized spacial score (nSPS) is 23.2. The van der Waals surface area contributed by atoms with Crippen molar-refractivity contribution in [1.82, 2.24) is 5.32 Å². The highest BCUT2D eigenvalue weighted by atomic mass is 16.4. The van der Waals surface area contributed by atoms with Crippen molar-refractivity contribution in [2.45, 2.75) is 25.2 Å². The minimum Gasteiger partial charge on any atom is -0.409 e. The van der Waals surface area contributed by atoms with Crippen LogP contribution in [0.15, 0.2) is 29.4 Å². The first-order valence-corrected chi connectivity index (χ1v) is 6.51. The van der Waals surface area contributed by atoms with E-state index in [0.29, 0.717) is 25.3 Å². The Bertz CT molecular complexity index is 549. The maximum Gasteiger partial charge on any atom is 0.233 e. The molecule has 19 heavy (non-hydrogen) atoms. The molecule has 1 aromatic rings. The summed E-state index contributed by atoms with van der Waals surface area (Å²) in [4.78, 5) is 12.1. The summed E-state index contributed by atoms with van der Waals surface area (Å²) in [6.07, 6.45) is 2.33. The van der Waals surface area contributed by atoms with Gasteiger partial charge in [-0.2, -0.15) is 0 Å². The minimum absolute atomic E-state index is 0.0269. The van der Waals surface area contributed by atoms with Gasteiger partial charge >= 0.3 is 0 Å². The standard InChI is InChI=1S/C14H17N3O2/c15-12(17-19)14(5-6-14)13(18)16-8-10-7-9-3-1-2-4-11(9)10/h1-4,10,19H,5-8H2,(H2,15,17)(H,16,18). The molecule has 4 N–H and O–H groups in total. The maximum atomic E-state index is 12.1. The molecule has 0 aliphatic heterocycles. The number of rotatable bonds is 4. The zero-order chi connectivity index (χ0) is 13.5. The van der Waals surface area contributed by atoms with Gasteiger partial charge in [0.05, 0.1) is 0 Å². The Labute approximate surface area is 111 Å². The Kier molecular flexibility index (Phi) is 2.69. The number of amidine groups is 1. The molecule has 1 amide bonds. The highest BCUT2D eigenvalue weighted by molar-refractivity contribution is 6.09. The fraction of sp³-hybridized carbons (Fsp3) is 0.429. The topological polar surface area (TPSA) is 87.7 Å². The summed E-state index contributed by atoms with van der Waals surface area (Å²) in [5.74, 6) is 0.300. The van der Waals surface area contributed by atoms with Crippen molar-refractivity contribution in [2.24, 2.45) is 16.3 Å². The molecule has 1 atom stereocenters. The summed E-state index contributed by atoms with van der Waals surface area (Å²) in [5, 5.41) is 14.6. The van der Waals surface area contributed by atoms with Crippen LogP contribution in [0.4, 0.5) is 0 Å². The van der Waals surface area contributed by atoms with Gasteiger partial charge in [-0.15, -0.1) is 0 Å². The van der Waals surface area contributed by atoms with E-state index in [-0.39, 0.29) is 11.7 Å². The molecule has 1 fully saturated rings. The number of fused-ring (bicyclic) bond motifs is 1. The van der Waals surface area contributed by atoms with Gasteiger partial charge in [-0.1, -0.05) is 29.4 Å². The summed E-state index contributed by atoms with van der Waals surface area (Å²) in [6.45, 7) is 0.621. The summed E-state index contributed by atoms with van der Waals surface area (Å²) >= 11 is 0. The van der Waals surface area contributed by atoms with E-state index in [1.807, 2.05) is 12.1 Å². The van der Waals surface area contributed by atoms with Crippen molar-refractivity contribution < 1.29 is 10.0 Å². The third-order valence-corrected chi connectivity index (χ3v) is 4.25. The quantitative estimate of drug-likeness (QED) is 0.326. The number of nitrogens with two attached hydrogens (primary N) is 1. The number of carbonyl (C=O) groups is 1. The summed E-state index contributed by atoms with van der Waals surface area (Å²) in [5.41, 5.74) is 7.51. The monoisotopic (exact) mass is 259 g/mol. The second-order valence-electron chi connectivity index (χ2n) is 5.38. The summed E-state index contributed by atoms with van der Waals surface area (Å²) in [6, 6.07) is 8.27. The van der Waals surface area contributed by atoms with Crippen LogP contribution in [-0.4, -0.2) is 23.5 Å². The largest absolute Gasteiger partial charge is 0.409 e. The lowest BCUT2D eigenvalue weighted by molar-refractivity contribution is -0.124. The van der Waals surface area contributed by atoms with Crippen molar-refractivity contribution in [3.63, 3.8) is 0 Å². The number of nitrogens with one attached hydrogen (secondary N) is 1. The number of hydrogen-bond acceptors (Lipinski definition) is 3. The second-order valence-corrected chi connectivity index (χ2v) is 5.38. The summed E-state index contributed by atoms with van der Waals surface area (Å²) < 4.78 is 0. The Hall–Kier alpha value is -2.04. The van der Waals surface area contributed by atoms with Crippen LogP contribution in [0.25, 0.3) is 0 Å². The molecule has 5 heteroatoms. The van der Waals surface area contributed by atoms with Crippen LogP contribution in [0.1, 0.15) is 29.9 Å².